The average Bonchev–Trinajstić information content (AvgIpc) is 2.41. The second-order valence-corrected chi connectivity index (χ2v) is 6.85. The molecule has 1 aromatic rings. The molecule has 1 aliphatic rings. The van der Waals surface area contributed by atoms with Crippen LogP contribution in [0.3, 0.4) is 0 Å². The molecule has 0 bridgehead atoms. The van der Waals surface area contributed by atoms with Gasteiger partial charge in [0.25, 0.3) is 0 Å². The number of hydrogen-bond acceptors (Lipinski definition) is 3. The summed E-state index contributed by atoms with van der Waals surface area (Å²) in [5, 5.41) is 13.2. The number of nitrogens with one attached hydrogen (secondary N) is 1. The van der Waals surface area contributed by atoms with E-state index < -0.39 is 0 Å². The van der Waals surface area contributed by atoms with Crippen molar-refractivity contribution in [2.45, 2.75) is 44.2 Å². The number of nitrogens with zero attached hydrogens (tertiary/aromatic N) is 2. The quantitative estimate of drug-likeness (QED) is 0.873. The Morgan fingerprint density at radius 1 is 1.29 bits per heavy atom. The van der Waals surface area contributed by atoms with E-state index in [1.54, 1.807) is 0 Å². The fourth-order valence-corrected chi connectivity index (χ4v) is 3.38. The van der Waals surface area contributed by atoms with Gasteiger partial charge in [-0.2, -0.15) is 5.26 Å². The molecule has 1 aromatic carbocycles. The molecule has 0 radical (unpaired) electrons. The van der Waals surface area contributed by atoms with E-state index in [4.69, 9.17) is 0 Å². The van der Waals surface area contributed by atoms with Crippen LogP contribution in [0.2, 0.25) is 0 Å². The maximum absolute atomic E-state index is 9.58. The van der Waals surface area contributed by atoms with Gasteiger partial charge >= 0.3 is 0 Å². The lowest BCUT2D eigenvalue weighted by atomic mass is 9.62. The monoisotopic (exact) mass is 285 g/mol. The van der Waals surface area contributed by atoms with E-state index in [0.29, 0.717) is 18.0 Å². The Labute approximate surface area is 129 Å². The van der Waals surface area contributed by atoms with Gasteiger partial charge in [-0.05, 0) is 38.4 Å². The zero-order chi connectivity index (χ0) is 15.5. The first-order valence-electron chi connectivity index (χ1n) is 7.85. The summed E-state index contributed by atoms with van der Waals surface area (Å²) in [5.74, 6) is 0.627. The Bertz CT molecular complexity index is 473. The molecule has 0 aliphatic heterocycles. The van der Waals surface area contributed by atoms with Crippen molar-refractivity contribution in [3.05, 3.63) is 35.9 Å². The molecule has 3 heteroatoms. The smallest absolute Gasteiger partial charge is 0.0852 e. The van der Waals surface area contributed by atoms with Crippen LogP contribution in [0.15, 0.2) is 30.3 Å². The predicted molar refractivity (Wildman–Crippen MR) is 87.1 cm³/mol. The van der Waals surface area contributed by atoms with Crippen LogP contribution in [-0.2, 0) is 5.41 Å². The summed E-state index contributed by atoms with van der Waals surface area (Å²) >= 11 is 0. The van der Waals surface area contributed by atoms with Crippen LogP contribution >= 0.6 is 0 Å². The summed E-state index contributed by atoms with van der Waals surface area (Å²) in [6.07, 6.45) is 1.84. The van der Waals surface area contributed by atoms with E-state index in [9.17, 15) is 5.26 Å². The number of likely N-dealkylation sites (N-methyl/N-ethyl adjacent to an activating group) is 1. The highest BCUT2D eigenvalue weighted by molar-refractivity contribution is 5.36. The minimum Gasteiger partial charge on any atom is -0.312 e. The largest absolute Gasteiger partial charge is 0.312 e. The molecule has 0 saturated heterocycles. The lowest BCUT2D eigenvalue weighted by Crippen LogP contribution is -2.54. The molecule has 21 heavy (non-hydrogen) atoms. The molecule has 1 unspecified atom stereocenters. The summed E-state index contributed by atoms with van der Waals surface area (Å²) in [4.78, 5) is 2.28. The van der Waals surface area contributed by atoms with Crippen LogP contribution in [0.1, 0.15) is 32.3 Å². The van der Waals surface area contributed by atoms with Gasteiger partial charge in [-0.1, -0.05) is 44.2 Å². The highest BCUT2D eigenvalue weighted by Gasteiger charge is 2.45. The van der Waals surface area contributed by atoms with Crippen molar-refractivity contribution in [3.8, 4) is 6.07 Å². The molecular formula is C18H27N3. The van der Waals surface area contributed by atoms with Crippen LogP contribution < -0.4 is 5.32 Å². The molecule has 114 valence electrons. The first kappa shape index (κ1) is 16.0. The second-order valence-electron chi connectivity index (χ2n) is 6.85. The minimum atomic E-state index is -0.273. The average molecular weight is 285 g/mol. The van der Waals surface area contributed by atoms with Crippen LogP contribution in [0.25, 0.3) is 0 Å². The third kappa shape index (κ3) is 3.45. The molecule has 1 saturated carbocycles. The molecular weight excluding hydrogens is 258 g/mol. The van der Waals surface area contributed by atoms with Gasteiger partial charge in [0.05, 0.1) is 11.5 Å². The van der Waals surface area contributed by atoms with Crippen molar-refractivity contribution >= 4 is 0 Å². The second kappa shape index (κ2) is 6.60. The number of hydrogen-bond donors (Lipinski definition) is 1. The highest BCUT2D eigenvalue weighted by Crippen LogP contribution is 2.43. The fraction of sp³-hybridized carbons (Fsp3) is 0.611. The third-order valence-electron chi connectivity index (χ3n) is 4.78. The Morgan fingerprint density at radius 2 is 1.90 bits per heavy atom. The van der Waals surface area contributed by atoms with Gasteiger partial charge in [-0.15, -0.1) is 0 Å². The van der Waals surface area contributed by atoms with E-state index in [0.717, 1.165) is 19.4 Å². The van der Waals surface area contributed by atoms with E-state index in [1.165, 1.54) is 5.56 Å². The lowest BCUT2D eigenvalue weighted by molar-refractivity contribution is 0.178. The SMILES string of the molecule is CC(C)C(CNC1CC(C#N)(c2ccccc2)C1)N(C)C. The van der Waals surface area contributed by atoms with Crippen LogP contribution in [0.4, 0.5) is 0 Å². The van der Waals surface area contributed by atoms with Crippen molar-refractivity contribution in [2.75, 3.05) is 20.6 Å². The maximum Gasteiger partial charge on any atom is 0.0852 e. The maximum atomic E-state index is 9.58. The van der Waals surface area contributed by atoms with Crippen LogP contribution in [0.5, 0.6) is 0 Å². The standard InChI is InChI=1S/C18H27N3/c1-14(2)17(21(3)4)12-20-16-10-18(11-16,13-19)15-8-6-5-7-9-15/h5-9,14,16-17,20H,10-12H2,1-4H3. The molecule has 1 atom stereocenters. The van der Waals surface area contributed by atoms with Crippen molar-refractivity contribution in [1.82, 2.24) is 10.2 Å². The summed E-state index contributed by atoms with van der Waals surface area (Å²) in [7, 11) is 4.27. The minimum absolute atomic E-state index is 0.273. The normalized spacial score (nSPS) is 26.4. The van der Waals surface area contributed by atoms with Crippen molar-refractivity contribution in [3.63, 3.8) is 0 Å². The van der Waals surface area contributed by atoms with Crippen LogP contribution in [-0.4, -0.2) is 37.6 Å². The van der Waals surface area contributed by atoms with Gasteiger partial charge < -0.3 is 10.2 Å². The van der Waals surface area contributed by atoms with Crippen molar-refractivity contribution in [2.24, 2.45) is 5.92 Å². The molecule has 2 rings (SSSR count). The third-order valence-corrected chi connectivity index (χ3v) is 4.78. The Kier molecular flexibility index (Phi) is 5.03. The fourth-order valence-electron chi connectivity index (χ4n) is 3.38. The molecule has 1 aliphatic carbocycles. The Balaban J connectivity index is 1.90. The molecule has 3 nitrogen and oxygen atoms in total. The van der Waals surface area contributed by atoms with Gasteiger partial charge in [-0.3, -0.25) is 0 Å². The first-order chi connectivity index (χ1) is 9.98. The van der Waals surface area contributed by atoms with E-state index in [-0.39, 0.29) is 5.41 Å². The predicted octanol–water partition coefficient (Wildman–Crippen LogP) is 2.79. The van der Waals surface area contributed by atoms with Gasteiger partial charge in [0, 0.05) is 18.6 Å². The summed E-state index contributed by atoms with van der Waals surface area (Å²) < 4.78 is 0. The number of nitriles is 1. The molecule has 0 aromatic heterocycles. The van der Waals surface area contributed by atoms with Crippen LogP contribution in [0, 0.1) is 17.2 Å². The Hall–Kier alpha value is -1.37. The zero-order valence-corrected chi connectivity index (χ0v) is 13.6. The summed E-state index contributed by atoms with van der Waals surface area (Å²) in [6.45, 7) is 5.51. The van der Waals surface area contributed by atoms with Crippen molar-refractivity contribution in [1.29, 1.82) is 5.26 Å². The Morgan fingerprint density at radius 3 is 2.38 bits per heavy atom. The summed E-state index contributed by atoms with van der Waals surface area (Å²) in [6, 6.07) is 13.8. The molecule has 1 N–H and O–H groups in total. The number of benzene rings is 1. The number of rotatable bonds is 6. The molecule has 1 fully saturated rings. The molecule has 0 amide bonds. The van der Waals surface area contributed by atoms with E-state index in [2.05, 4.69) is 56.4 Å². The van der Waals surface area contributed by atoms with Gasteiger partial charge in [0.1, 0.15) is 0 Å². The summed E-state index contributed by atoms with van der Waals surface area (Å²) in [5.41, 5.74) is 0.892. The first-order valence-corrected chi connectivity index (χ1v) is 7.85. The highest BCUT2D eigenvalue weighted by atomic mass is 15.1. The van der Waals surface area contributed by atoms with Crippen molar-refractivity contribution < 1.29 is 0 Å². The zero-order valence-electron chi connectivity index (χ0n) is 13.6. The van der Waals surface area contributed by atoms with E-state index >= 15 is 0 Å². The van der Waals surface area contributed by atoms with Gasteiger partial charge in [-0.25, -0.2) is 0 Å². The van der Waals surface area contributed by atoms with Gasteiger partial charge in [0.2, 0.25) is 0 Å². The topological polar surface area (TPSA) is 39.1 Å². The lowest BCUT2D eigenvalue weighted by Gasteiger charge is -2.44. The van der Waals surface area contributed by atoms with E-state index in [1.807, 2.05) is 18.2 Å². The molecule has 0 heterocycles. The van der Waals surface area contributed by atoms with Gasteiger partial charge in [0.15, 0.2) is 0 Å². The molecule has 0 spiro atoms.